The predicted molar refractivity (Wildman–Crippen MR) is 116 cm³/mol. The van der Waals surface area contributed by atoms with Gasteiger partial charge in [-0.2, -0.15) is 4.98 Å². The first-order chi connectivity index (χ1) is 14.8. The van der Waals surface area contributed by atoms with E-state index in [2.05, 4.69) is 20.6 Å². The van der Waals surface area contributed by atoms with Crippen molar-refractivity contribution in [2.75, 3.05) is 0 Å². The van der Waals surface area contributed by atoms with E-state index >= 15 is 0 Å². The molecular formula is C24H24N4O3. The molecule has 0 aliphatic carbocycles. The van der Waals surface area contributed by atoms with E-state index < -0.39 is 6.04 Å². The molecule has 7 heteroatoms. The van der Waals surface area contributed by atoms with Gasteiger partial charge in [0.2, 0.25) is 11.7 Å². The van der Waals surface area contributed by atoms with Gasteiger partial charge in [-0.05, 0) is 12.3 Å². The van der Waals surface area contributed by atoms with Gasteiger partial charge in [-0.15, -0.1) is 0 Å². The number of carbonyl (C=O) groups is 1. The number of aromatic nitrogens is 3. The molecular weight excluding hydrogens is 392 g/mol. The van der Waals surface area contributed by atoms with Gasteiger partial charge in [0.05, 0.1) is 0 Å². The Hall–Kier alpha value is -3.74. The fraction of sp³-hybridized carbons (Fsp3) is 0.250. The summed E-state index contributed by atoms with van der Waals surface area (Å²) in [6, 6.07) is 18.5. The Balaban J connectivity index is 1.56. The van der Waals surface area contributed by atoms with Gasteiger partial charge in [-0.1, -0.05) is 91.2 Å². The van der Waals surface area contributed by atoms with Gasteiger partial charge in [-0.25, -0.2) is 0 Å². The molecule has 31 heavy (non-hydrogen) atoms. The minimum Gasteiger partial charge on any atom is -0.355 e. The first-order valence-electron chi connectivity index (χ1n) is 10.0. The monoisotopic (exact) mass is 416 g/mol. The summed E-state index contributed by atoms with van der Waals surface area (Å²) in [6.07, 6.45) is 0. The number of aryl methyl sites for hydroxylation is 1. The van der Waals surface area contributed by atoms with Crippen molar-refractivity contribution in [3.8, 4) is 22.7 Å². The molecule has 0 unspecified atom stereocenters. The zero-order valence-corrected chi connectivity index (χ0v) is 17.9. The van der Waals surface area contributed by atoms with Crippen molar-refractivity contribution in [3.63, 3.8) is 0 Å². The van der Waals surface area contributed by atoms with Crippen LogP contribution in [0, 0.1) is 12.3 Å². The standard InChI is InChI=1S/C24H24N4O3/c1-15-10-12-16(13-11-15)19-14-18(27-30-19)22(29)25-20(24(2,3)4)23-26-21(28-31-23)17-8-6-5-7-9-17/h5-14,20H,1-4H3,(H,25,29)/t20-/m1/s1. The van der Waals surface area contributed by atoms with E-state index in [0.29, 0.717) is 17.5 Å². The number of hydrogen-bond acceptors (Lipinski definition) is 6. The molecule has 1 amide bonds. The van der Waals surface area contributed by atoms with Crippen molar-refractivity contribution in [3.05, 3.63) is 77.8 Å². The molecule has 1 N–H and O–H groups in total. The van der Waals surface area contributed by atoms with Gasteiger partial charge in [-0.3, -0.25) is 4.79 Å². The molecule has 158 valence electrons. The molecule has 2 aromatic heterocycles. The summed E-state index contributed by atoms with van der Waals surface area (Å²) in [6.45, 7) is 7.98. The minimum absolute atomic E-state index is 0.188. The van der Waals surface area contributed by atoms with Crippen molar-refractivity contribution in [1.82, 2.24) is 20.6 Å². The molecule has 0 aliphatic rings. The summed E-state index contributed by atoms with van der Waals surface area (Å²) in [4.78, 5) is 17.4. The molecule has 0 aliphatic heterocycles. The Labute approximate surface area is 180 Å². The van der Waals surface area contributed by atoms with Crippen LogP contribution in [0.5, 0.6) is 0 Å². The van der Waals surface area contributed by atoms with E-state index in [1.54, 1.807) is 6.07 Å². The number of benzene rings is 2. The van der Waals surface area contributed by atoms with Gasteiger partial charge in [0.25, 0.3) is 5.91 Å². The highest BCUT2D eigenvalue weighted by Gasteiger charge is 2.34. The molecule has 7 nitrogen and oxygen atoms in total. The quantitative estimate of drug-likeness (QED) is 0.479. The molecule has 0 spiro atoms. The lowest BCUT2D eigenvalue weighted by Gasteiger charge is -2.27. The average Bonchev–Trinajstić information content (AvgIpc) is 3.42. The second-order valence-corrected chi connectivity index (χ2v) is 8.54. The fourth-order valence-electron chi connectivity index (χ4n) is 3.15. The third-order valence-electron chi connectivity index (χ3n) is 4.94. The lowest BCUT2D eigenvalue weighted by atomic mass is 9.86. The van der Waals surface area contributed by atoms with Crippen molar-refractivity contribution in [2.24, 2.45) is 5.41 Å². The highest BCUT2D eigenvalue weighted by atomic mass is 16.5. The average molecular weight is 416 g/mol. The number of nitrogens with one attached hydrogen (secondary N) is 1. The van der Waals surface area contributed by atoms with Crippen LogP contribution in [-0.4, -0.2) is 21.2 Å². The highest BCUT2D eigenvalue weighted by molar-refractivity contribution is 5.93. The lowest BCUT2D eigenvalue weighted by molar-refractivity contribution is 0.0871. The maximum absolute atomic E-state index is 12.9. The van der Waals surface area contributed by atoms with Crippen molar-refractivity contribution in [1.29, 1.82) is 0 Å². The van der Waals surface area contributed by atoms with Crippen molar-refractivity contribution >= 4 is 5.91 Å². The van der Waals surface area contributed by atoms with E-state index in [1.807, 2.05) is 82.3 Å². The fourth-order valence-corrected chi connectivity index (χ4v) is 3.15. The Morgan fingerprint density at radius 3 is 2.32 bits per heavy atom. The molecule has 2 heterocycles. The van der Waals surface area contributed by atoms with E-state index in [1.165, 1.54) is 0 Å². The summed E-state index contributed by atoms with van der Waals surface area (Å²) in [5.41, 5.74) is 2.65. The summed E-state index contributed by atoms with van der Waals surface area (Å²) >= 11 is 0. The molecule has 4 rings (SSSR count). The zero-order chi connectivity index (χ0) is 22.0. The van der Waals surface area contributed by atoms with Gasteiger partial charge in [0.15, 0.2) is 11.5 Å². The third-order valence-corrected chi connectivity index (χ3v) is 4.94. The van der Waals surface area contributed by atoms with Gasteiger partial charge >= 0.3 is 0 Å². The van der Waals surface area contributed by atoms with Crippen molar-refractivity contribution in [2.45, 2.75) is 33.7 Å². The Kier molecular flexibility index (Phi) is 5.42. The third kappa shape index (κ3) is 4.55. The number of rotatable bonds is 5. The topological polar surface area (TPSA) is 94.1 Å². The first-order valence-corrected chi connectivity index (χ1v) is 10.0. The number of amides is 1. The van der Waals surface area contributed by atoms with Crippen LogP contribution in [-0.2, 0) is 0 Å². The second-order valence-electron chi connectivity index (χ2n) is 8.54. The van der Waals surface area contributed by atoms with E-state index in [4.69, 9.17) is 9.05 Å². The SMILES string of the molecule is Cc1ccc(-c2cc(C(=O)N[C@H](c3nc(-c4ccccc4)no3)C(C)(C)C)no2)cc1. The molecule has 0 bridgehead atoms. The molecule has 0 radical (unpaired) electrons. The normalized spacial score (nSPS) is 12.5. The number of carbonyl (C=O) groups excluding carboxylic acids is 1. The van der Waals surface area contributed by atoms with E-state index in [0.717, 1.165) is 16.7 Å². The zero-order valence-electron chi connectivity index (χ0n) is 17.9. The summed E-state index contributed by atoms with van der Waals surface area (Å²) in [7, 11) is 0. The number of hydrogen-bond donors (Lipinski definition) is 1. The molecule has 4 aromatic rings. The smallest absolute Gasteiger partial charge is 0.274 e. The van der Waals surface area contributed by atoms with E-state index in [9.17, 15) is 4.79 Å². The van der Waals surface area contributed by atoms with Crippen LogP contribution in [0.1, 0.15) is 48.8 Å². The first kappa shape index (κ1) is 20.5. The van der Waals surface area contributed by atoms with Crippen LogP contribution in [0.3, 0.4) is 0 Å². The Morgan fingerprint density at radius 2 is 1.65 bits per heavy atom. The molecule has 0 fully saturated rings. The predicted octanol–water partition coefficient (Wildman–Crippen LogP) is 5.22. The lowest BCUT2D eigenvalue weighted by Crippen LogP contribution is -2.37. The van der Waals surface area contributed by atoms with Crippen LogP contribution < -0.4 is 5.32 Å². The second kappa shape index (κ2) is 8.18. The summed E-state index contributed by atoms with van der Waals surface area (Å²) < 4.78 is 10.9. The largest absolute Gasteiger partial charge is 0.355 e. The molecule has 1 atom stereocenters. The van der Waals surface area contributed by atoms with Crippen LogP contribution in [0.25, 0.3) is 22.7 Å². The maximum atomic E-state index is 12.9. The molecule has 2 aromatic carbocycles. The summed E-state index contributed by atoms with van der Waals surface area (Å²) in [5, 5.41) is 11.0. The van der Waals surface area contributed by atoms with Crippen LogP contribution in [0.15, 0.2) is 69.7 Å². The Morgan fingerprint density at radius 1 is 0.935 bits per heavy atom. The highest BCUT2D eigenvalue weighted by Crippen LogP contribution is 2.33. The van der Waals surface area contributed by atoms with E-state index in [-0.39, 0.29) is 17.0 Å². The molecule has 0 saturated carbocycles. The summed E-state index contributed by atoms with van der Waals surface area (Å²) in [5.74, 6) is 0.965. The van der Waals surface area contributed by atoms with Crippen LogP contribution >= 0.6 is 0 Å². The van der Waals surface area contributed by atoms with Gasteiger partial charge in [0, 0.05) is 17.2 Å². The van der Waals surface area contributed by atoms with Crippen LogP contribution in [0.2, 0.25) is 0 Å². The van der Waals surface area contributed by atoms with Crippen LogP contribution in [0.4, 0.5) is 0 Å². The molecule has 0 saturated heterocycles. The van der Waals surface area contributed by atoms with Crippen molar-refractivity contribution < 1.29 is 13.8 Å². The number of nitrogens with zero attached hydrogens (tertiary/aromatic N) is 3. The van der Waals surface area contributed by atoms with Gasteiger partial charge < -0.3 is 14.4 Å². The minimum atomic E-state index is -0.510. The Bertz CT molecular complexity index is 1170. The maximum Gasteiger partial charge on any atom is 0.274 e. The van der Waals surface area contributed by atoms with Gasteiger partial charge in [0.1, 0.15) is 6.04 Å².